The second-order valence-corrected chi connectivity index (χ2v) is 7.54. The molecule has 3 aromatic rings. The molecule has 0 saturated heterocycles. The lowest BCUT2D eigenvalue weighted by molar-refractivity contribution is -0.384. The Labute approximate surface area is 182 Å². The second kappa shape index (κ2) is 7.78. The molecule has 10 nitrogen and oxygen atoms in total. The van der Waals surface area contributed by atoms with Gasteiger partial charge in [0, 0.05) is 25.4 Å². The average molecular weight is 465 g/mol. The van der Waals surface area contributed by atoms with E-state index >= 15 is 0 Å². The van der Waals surface area contributed by atoms with Crippen molar-refractivity contribution in [2.75, 3.05) is 11.6 Å². The van der Waals surface area contributed by atoms with E-state index in [4.69, 9.17) is 0 Å². The van der Waals surface area contributed by atoms with Crippen LogP contribution in [0.15, 0.2) is 53.1 Å². The summed E-state index contributed by atoms with van der Waals surface area (Å²) in [4.78, 5) is 28.0. The monoisotopic (exact) mass is 465 g/mol. The Kier molecular flexibility index (Phi) is 5.24. The molecule has 4 rings (SSSR count). The van der Waals surface area contributed by atoms with E-state index in [0.29, 0.717) is 0 Å². The molecular formula is C18H14F3N7O3S. The number of alkyl halides is 3. The van der Waals surface area contributed by atoms with E-state index in [1.54, 1.807) is 6.26 Å². The van der Waals surface area contributed by atoms with E-state index in [2.05, 4.69) is 20.5 Å². The maximum atomic E-state index is 14.1. The van der Waals surface area contributed by atoms with Crippen LogP contribution in [0.5, 0.6) is 0 Å². The number of ketones is 1. The van der Waals surface area contributed by atoms with Crippen molar-refractivity contribution >= 4 is 29.2 Å². The summed E-state index contributed by atoms with van der Waals surface area (Å²) in [6, 6.07) is 3.64. The first-order valence-corrected chi connectivity index (χ1v) is 10.2. The van der Waals surface area contributed by atoms with Crippen molar-refractivity contribution in [2.24, 2.45) is 7.05 Å². The third-order valence-electron chi connectivity index (χ3n) is 4.71. The van der Waals surface area contributed by atoms with Crippen LogP contribution < -0.4 is 5.32 Å². The molecule has 1 N–H and O–H groups in total. The Morgan fingerprint density at radius 1 is 1.34 bits per heavy atom. The molecule has 1 aromatic carbocycles. The highest BCUT2D eigenvalue weighted by Crippen LogP contribution is 2.43. The number of nitro benzene ring substituents is 1. The molecule has 32 heavy (non-hydrogen) atoms. The zero-order valence-corrected chi connectivity index (χ0v) is 17.3. The normalized spacial score (nSPS) is 16.0. The number of hydrogen-bond donors (Lipinski definition) is 1. The number of nitro groups is 1. The number of thioether (sulfide) groups is 1. The van der Waals surface area contributed by atoms with Crippen molar-refractivity contribution in [1.29, 1.82) is 0 Å². The summed E-state index contributed by atoms with van der Waals surface area (Å²) < 4.78 is 44.7. The van der Waals surface area contributed by atoms with Crippen molar-refractivity contribution in [3.05, 3.63) is 69.2 Å². The number of Topliss-reactive ketones (excluding diaryl/α,β-unsaturated/α-hetero) is 1. The van der Waals surface area contributed by atoms with Gasteiger partial charge in [-0.25, -0.2) is 4.68 Å². The fraction of sp³-hybridized carbons (Fsp3) is 0.222. The molecule has 0 spiro atoms. The smallest absolute Gasteiger partial charge is 0.320 e. The van der Waals surface area contributed by atoms with Gasteiger partial charge in [0.05, 0.1) is 22.3 Å². The van der Waals surface area contributed by atoms with Gasteiger partial charge in [0.25, 0.3) is 5.69 Å². The maximum absolute atomic E-state index is 14.1. The fourth-order valence-corrected chi connectivity index (χ4v) is 3.71. The number of halogens is 3. The van der Waals surface area contributed by atoms with Gasteiger partial charge in [0.1, 0.15) is 11.7 Å². The number of nitrogens with zero attached hydrogens (tertiary/aromatic N) is 6. The summed E-state index contributed by atoms with van der Waals surface area (Å²) in [5, 5.41) is 21.7. The number of rotatable bonds is 5. The average Bonchev–Trinajstić information content (AvgIpc) is 3.37. The Balaban J connectivity index is 2.01. The lowest BCUT2D eigenvalue weighted by atomic mass is 9.90. The molecule has 166 valence electrons. The minimum Gasteiger partial charge on any atom is -0.320 e. The molecule has 1 aliphatic rings. The SMILES string of the molecule is CSc1nc2n(n1)[C@@H](c1cccc([N+](=O)[O-])c1)C(C(=O)c1cnn(C)c1)=C(C(F)(F)F)N2. The van der Waals surface area contributed by atoms with Gasteiger partial charge in [0.2, 0.25) is 11.1 Å². The highest BCUT2D eigenvalue weighted by Gasteiger charge is 2.46. The topological polar surface area (TPSA) is 121 Å². The molecular weight excluding hydrogens is 451 g/mol. The van der Waals surface area contributed by atoms with Crippen LogP contribution in [0, 0.1) is 10.1 Å². The number of non-ortho nitro benzene ring substituents is 1. The molecule has 0 aliphatic carbocycles. The van der Waals surface area contributed by atoms with Gasteiger partial charge in [-0.2, -0.15) is 23.3 Å². The van der Waals surface area contributed by atoms with Gasteiger partial charge in [-0.1, -0.05) is 23.9 Å². The standard InChI is InChI=1S/C18H14F3N7O3S/c1-26-8-10(7-22-26)14(29)12-13(9-4-3-5-11(6-9)28(30)31)27-16(24-17(25-27)32-2)23-15(12)18(19,20)21/h3-8,13H,1-2H3,(H,23,24,25)/t13-/m0/s1. The van der Waals surface area contributed by atoms with Crippen LogP contribution in [0.3, 0.4) is 0 Å². The number of carbonyl (C=O) groups is 1. The van der Waals surface area contributed by atoms with Crippen molar-refractivity contribution in [3.63, 3.8) is 0 Å². The summed E-state index contributed by atoms with van der Waals surface area (Å²) in [6.45, 7) is 0. The Morgan fingerprint density at radius 2 is 2.09 bits per heavy atom. The van der Waals surface area contributed by atoms with Gasteiger partial charge in [0.15, 0.2) is 5.78 Å². The van der Waals surface area contributed by atoms with Gasteiger partial charge in [-0.05, 0) is 11.8 Å². The summed E-state index contributed by atoms with van der Waals surface area (Å²) in [6.07, 6.45) is -0.859. The molecule has 0 unspecified atom stereocenters. The molecule has 2 aromatic heterocycles. The highest BCUT2D eigenvalue weighted by molar-refractivity contribution is 7.98. The van der Waals surface area contributed by atoms with Crippen LogP contribution in [-0.4, -0.2) is 47.7 Å². The number of aromatic nitrogens is 5. The van der Waals surface area contributed by atoms with Crippen molar-refractivity contribution in [3.8, 4) is 0 Å². The number of carbonyl (C=O) groups excluding carboxylic acids is 1. The third kappa shape index (κ3) is 3.72. The van der Waals surface area contributed by atoms with Crippen LogP contribution in [0.2, 0.25) is 0 Å². The van der Waals surface area contributed by atoms with Gasteiger partial charge >= 0.3 is 6.18 Å². The molecule has 0 radical (unpaired) electrons. The van der Waals surface area contributed by atoms with E-state index in [1.807, 2.05) is 0 Å². The Morgan fingerprint density at radius 3 is 2.69 bits per heavy atom. The van der Waals surface area contributed by atoms with Crippen LogP contribution in [0.25, 0.3) is 0 Å². The van der Waals surface area contributed by atoms with E-state index in [-0.39, 0.29) is 27.9 Å². The van der Waals surface area contributed by atoms with E-state index in [9.17, 15) is 28.1 Å². The molecule has 3 heterocycles. The van der Waals surface area contributed by atoms with Crippen LogP contribution in [0.4, 0.5) is 24.8 Å². The number of hydrogen-bond acceptors (Lipinski definition) is 8. The summed E-state index contributed by atoms with van der Waals surface area (Å²) >= 11 is 1.10. The lowest BCUT2D eigenvalue weighted by Crippen LogP contribution is -2.35. The largest absolute Gasteiger partial charge is 0.431 e. The number of fused-ring (bicyclic) bond motifs is 1. The molecule has 0 fully saturated rings. The number of benzene rings is 1. The number of nitrogens with one attached hydrogen (secondary N) is 1. The quantitative estimate of drug-likeness (QED) is 0.264. The highest BCUT2D eigenvalue weighted by atomic mass is 32.2. The first-order chi connectivity index (χ1) is 15.1. The number of allylic oxidation sites excluding steroid dienone is 2. The van der Waals surface area contributed by atoms with E-state index < -0.39 is 34.2 Å². The van der Waals surface area contributed by atoms with Gasteiger partial charge < -0.3 is 5.32 Å². The molecule has 0 saturated carbocycles. The third-order valence-corrected chi connectivity index (χ3v) is 5.25. The minimum absolute atomic E-state index is 0.0739. The first-order valence-electron chi connectivity index (χ1n) is 8.96. The van der Waals surface area contributed by atoms with Crippen molar-refractivity contribution < 1.29 is 22.9 Å². The van der Waals surface area contributed by atoms with Gasteiger partial charge in [-0.15, -0.1) is 5.10 Å². The fourth-order valence-electron chi connectivity index (χ4n) is 3.37. The molecule has 1 atom stereocenters. The van der Waals surface area contributed by atoms with Gasteiger partial charge in [-0.3, -0.25) is 19.6 Å². The minimum atomic E-state index is -4.94. The summed E-state index contributed by atoms with van der Waals surface area (Å²) in [5.41, 5.74) is -2.32. The number of anilines is 1. The Bertz CT molecular complexity index is 1260. The zero-order valence-electron chi connectivity index (χ0n) is 16.5. The molecule has 0 bridgehead atoms. The zero-order chi connectivity index (χ0) is 23.2. The van der Waals surface area contributed by atoms with Crippen molar-refractivity contribution in [2.45, 2.75) is 17.4 Å². The predicted octanol–water partition coefficient (Wildman–Crippen LogP) is 3.36. The van der Waals surface area contributed by atoms with Crippen molar-refractivity contribution in [1.82, 2.24) is 24.5 Å². The Hall–Kier alpha value is -3.68. The number of aryl methyl sites for hydroxylation is 1. The summed E-state index contributed by atoms with van der Waals surface area (Å²) in [7, 11) is 1.52. The lowest BCUT2D eigenvalue weighted by Gasteiger charge is -2.30. The van der Waals surface area contributed by atoms with Crippen LogP contribution >= 0.6 is 11.8 Å². The summed E-state index contributed by atoms with van der Waals surface area (Å²) in [5.74, 6) is -1.18. The predicted molar refractivity (Wildman–Crippen MR) is 107 cm³/mol. The maximum Gasteiger partial charge on any atom is 0.431 e. The molecule has 1 aliphatic heterocycles. The van der Waals surface area contributed by atoms with E-state index in [0.717, 1.165) is 28.7 Å². The molecule has 0 amide bonds. The van der Waals surface area contributed by atoms with E-state index in [1.165, 1.54) is 36.1 Å². The molecule has 14 heteroatoms. The van der Waals surface area contributed by atoms with Crippen LogP contribution in [0.1, 0.15) is 22.0 Å². The van der Waals surface area contributed by atoms with Crippen LogP contribution in [-0.2, 0) is 7.05 Å². The first kappa shape index (κ1) is 21.5. The second-order valence-electron chi connectivity index (χ2n) is 6.76.